The van der Waals surface area contributed by atoms with Crippen molar-refractivity contribution in [2.24, 2.45) is 5.10 Å². The summed E-state index contributed by atoms with van der Waals surface area (Å²) in [5, 5.41) is 13.9. The van der Waals surface area contributed by atoms with Crippen LogP contribution in [-0.4, -0.2) is 29.3 Å². The second-order valence-electron chi connectivity index (χ2n) is 7.49. The highest BCUT2D eigenvalue weighted by Crippen LogP contribution is 2.39. The zero-order chi connectivity index (χ0) is 21.3. The summed E-state index contributed by atoms with van der Waals surface area (Å²) in [7, 11) is 0. The molecule has 0 atom stereocenters. The molecule has 0 radical (unpaired) electrons. The number of hydrogen-bond donors (Lipinski definition) is 2. The molecule has 1 heterocycles. The van der Waals surface area contributed by atoms with Gasteiger partial charge in [-0.3, -0.25) is 4.79 Å². The molecule has 0 spiro atoms. The fourth-order valence-corrected chi connectivity index (χ4v) is 4.87. The van der Waals surface area contributed by atoms with Crippen LogP contribution < -0.4 is 10.3 Å². The summed E-state index contributed by atoms with van der Waals surface area (Å²) < 4.78 is 0.864. The molecular weight excluding hydrogens is 498 g/mol. The molecule has 5 nitrogen and oxygen atoms in total. The number of nitrogens with one attached hydrogen (secondary N) is 1. The molecule has 0 aliphatic carbocycles. The third kappa shape index (κ3) is 4.41. The van der Waals surface area contributed by atoms with Crippen molar-refractivity contribution in [2.75, 3.05) is 11.4 Å². The maximum atomic E-state index is 12.3. The van der Waals surface area contributed by atoms with Crippen LogP contribution >= 0.6 is 31.9 Å². The smallest absolute Gasteiger partial charge is 0.271 e. The van der Waals surface area contributed by atoms with Crippen molar-refractivity contribution >= 4 is 55.2 Å². The second kappa shape index (κ2) is 8.32. The molecular formula is C22H23Br2N3O2. The number of anilines is 1. The van der Waals surface area contributed by atoms with Gasteiger partial charge in [0.15, 0.2) is 0 Å². The quantitative estimate of drug-likeness (QED) is 0.401. The molecule has 152 valence electrons. The van der Waals surface area contributed by atoms with Crippen molar-refractivity contribution in [3.8, 4) is 5.75 Å². The monoisotopic (exact) mass is 519 g/mol. The lowest BCUT2D eigenvalue weighted by Crippen LogP contribution is -2.44. The minimum atomic E-state index is -0.365. The fraction of sp³-hybridized carbons (Fsp3) is 0.273. The van der Waals surface area contributed by atoms with Crippen molar-refractivity contribution in [2.45, 2.75) is 33.2 Å². The highest BCUT2D eigenvalue weighted by atomic mass is 79.9. The molecule has 0 saturated carbocycles. The Kier molecular flexibility index (Phi) is 6.19. The lowest BCUT2D eigenvalue weighted by Gasteiger charge is -2.42. The lowest BCUT2D eigenvalue weighted by molar-refractivity contribution is 0.0955. The van der Waals surface area contributed by atoms with Crippen LogP contribution in [0.25, 0.3) is 5.57 Å². The minimum absolute atomic E-state index is 0.0257. The molecule has 3 rings (SSSR count). The van der Waals surface area contributed by atoms with Crippen LogP contribution in [0.1, 0.15) is 49.2 Å². The number of hydrazone groups is 1. The number of benzene rings is 2. The molecule has 1 aliphatic heterocycles. The molecule has 0 saturated heterocycles. The molecule has 1 amide bonds. The number of phenols is 1. The van der Waals surface area contributed by atoms with Crippen LogP contribution in [0.2, 0.25) is 0 Å². The van der Waals surface area contributed by atoms with Crippen molar-refractivity contribution < 1.29 is 9.90 Å². The number of aromatic hydroxyl groups is 1. The van der Waals surface area contributed by atoms with Gasteiger partial charge in [0.05, 0.1) is 20.7 Å². The number of rotatable bonds is 4. The Hall–Kier alpha value is -2.12. The van der Waals surface area contributed by atoms with Gasteiger partial charge in [-0.15, -0.1) is 0 Å². The second-order valence-corrected chi connectivity index (χ2v) is 9.20. The number of fused-ring (bicyclic) bond motifs is 1. The summed E-state index contributed by atoms with van der Waals surface area (Å²) in [4.78, 5) is 14.7. The molecule has 7 heteroatoms. The summed E-state index contributed by atoms with van der Waals surface area (Å²) in [6.45, 7) is 9.63. The molecule has 0 fully saturated rings. The number of likely N-dealkylation sites (N-methyl/N-ethyl adjacent to an activating group) is 1. The standard InChI is InChI=1S/C22H23Br2N3O2/c1-5-27-19-7-6-14(8-16(19)13(2)11-22(27,3)4)12-25-26-21(29)15-9-17(23)20(28)18(24)10-15/h6-12,28H,5H2,1-4H3,(H,26,29)/b25-12-. The van der Waals surface area contributed by atoms with Crippen LogP contribution in [0.3, 0.4) is 0 Å². The van der Waals surface area contributed by atoms with E-state index >= 15 is 0 Å². The van der Waals surface area contributed by atoms with E-state index in [1.165, 1.54) is 16.8 Å². The van der Waals surface area contributed by atoms with Gasteiger partial charge < -0.3 is 10.0 Å². The number of nitrogens with zero attached hydrogens (tertiary/aromatic N) is 2. The first-order valence-electron chi connectivity index (χ1n) is 9.27. The summed E-state index contributed by atoms with van der Waals surface area (Å²) in [5.74, 6) is -0.317. The Labute approximate surface area is 187 Å². The van der Waals surface area contributed by atoms with E-state index in [2.05, 4.69) is 93.2 Å². The Morgan fingerprint density at radius 1 is 1.24 bits per heavy atom. The van der Waals surface area contributed by atoms with Gasteiger partial charge in [0, 0.05) is 23.4 Å². The predicted octanol–water partition coefficient (Wildman–Crippen LogP) is 5.70. The molecule has 2 aromatic rings. The van der Waals surface area contributed by atoms with Crippen LogP contribution in [-0.2, 0) is 0 Å². The van der Waals surface area contributed by atoms with Crippen molar-refractivity contribution in [3.63, 3.8) is 0 Å². The van der Waals surface area contributed by atoms with Crippen molar-refractivity contribution in [3.05, 3.63) is 62.0 Å². The van der Waals surface area contributed by atoms with Crippen molar-refractivity contribution in [1.29, 1.82) is 0 Å². The first-order chi connectivity index (χ1) is 13.6. The topological polar surface area (TPSA) is 64.9 Å². The zero-order valence-corrected chi connectivity index (χ0v) is 19.9. The summed E-state index contributed by atoms with van der Waals surface area (Å²) in [6.07, 6.45) is 3.91. The Morgan fingerprint density at radius 2 is 1.90 bits per heavy atom. The SMILES string of the molecule is CCN1c2ccc(/C=N\NC(=O)c3cc(Br)c(O)c(Br)c3)cc2C(C)=CC1(C)C. The van der Waals surface area contributed by atoms with Gasteiger partial charge in [-0.1, -0.05) is 12.1 Å². The van der Waals surface area contributed by atoms with E-state index < -0.39 is 0 Å². The molecule has 29 heavy (non-hydrogen) atoms. The van der Waals surface area contributed by atoms with Gasteiger partial charge >= 0.3 is 0 Å². The summed E-state index contributed by atoms with van der Waals surface area (Å²) in [5.41, 5.74) is 7.39. The molecule has 0 aromatic heterocycles. The first kappa shape index (κ1) is 21.6. The average molecular weight is 521 g/mol. The van der Waals surface area contributed by atoms with E-state index in [4.69, 9.17) is 0 Å². The van der Waals surface area contributed by atoms with Crippen LogP contribution in [0, 0.1) is 0 Å². The Bertz CT molecular complexity index is 1010. The van der Waals surface area contributed by atoms with Gasteiger partial charge in [-0.05, 0) is 95.0 Å². The molecule has 2 aromatic carbocycles. The van der Waals surface area contributed by atoms with Gasteiger partial charge in [0.1, 0.15) is 5.75 Å². The van der Waals surface area contributed by atoms with Crippen LogP contribution in [0.4, 0.5) is 5.69 Å². The third-order valence-electron chi connectivity index (χ3n) is 4.98. The lowest BCUT2D eigenvalue weighted by atomic mass is 9.88. The number of carbonyl (C=O) groups excluding carboxylic acids is 1. The Morgan fingerprint density at radius 3 is 2.52 bits per heavy atom. The minimum Gasteiger partial charge on any atom is -0.506 e. The number of carbonyl (C=O) groups is 1. The maximum absolute atomic E-state index is 12.3. The van der Waals surface area contributed by atoms with E-state index in [0.29, 0.717) is 14.5 Å². The highest BCUT2D eigenvalue weighted by molar-refractivity contribution is 9.11. The van der Waals surface area contributed by atoms with E-state index in [-0.39, 0.29) is 17.2 Å². The number of hydrogen-bond acceptors (Lipinski definition) is 4. The number of allylic oxidation sites excluding steroid dienone is 1. The van der Waals surface area contributed by atoms with E-state index in [1.54, 1.807) is 18.3 Å². The maximum Gasteiger partial charge on any atom is 0.271 e. The third-order valence-corrected chi connectivity index (χ3v) is 6.19. The largest absolute Gasteiger partial charge is 0.506 e. The van der Waals surface area contributed by atoms with Gasteiger partial charge in [-0.25, -0.2) is 5.43 Å². The van der Waals surface area contributed by atoms with Gasteiger partial charge in [0.25, 0.3) is 5.91 Å². The van der Waals surface area contributed by atoms with Crippen LogP contribution in [0.5, 0.6) is 5.75 Å². The normalized spacial score (nSPS) is 15.2. The molecule has 0 bridgehead atoms. The summed E-state index contributed by atoms with van der Waals surface area (Å²) in [6, 6.07) is 9.27. The predicted molar refractivity (Wildman–Crippen MR) is 126 cm³/mol. The highest BCUT2D eigenvalue weighted by Gasteiger charge is 2.29. The van der Waals surface area contributed by atoms with Gasteiger partial charge in [-0.2, -0.15) is 5.10 Å². The summed E-state index contributed by atoms with van der Waals surface area (Å²) >= 11 is 6.44. The van der Waals surface area contributed by atoms with Crippen LogP contribution in [0.15, 0.2) is 50.5 Å². The van der Waals surface area contributed by atoms with E-state index in [1.807, 2.05) is 6.07 Å². The molecule has 0 unspecified atom stereocenters. The van der Waals surface area contributed by atoms with E-state index in [0.717, 1.165) is 12.1 Å². The first-order valence-corrected chi connectivity index (χ1v) is 10.9. The molecule has 1 aliphatic rings. The number of amides is 1. The number of halogens is 2. The molecule has 2 N–H and O–H groups in total. The number of phenolic OH excluding ortho intramolecular Hbond substituents is 1. The van der Waals surface area contributed by atoms with Crippen molar-refractivity contribution in [1.82, 2.24) is 5.43 Å². The van der Waals surface area contributed by atoms with E-state index in [9.17, 15) is 9.90 Å². The average Bonchev–Trinajstić information content (AvgIpc) is 2.65. The Balaban J connectivity index is 1.79. The van der Waals surface area contributed by atoms with Gasteiger partial charge in [0.2, 0.25) is 0 Å². The fourth-order valence-electron chi connectivity index (χ4n) is 3.69. The zero-order valence-electron chi connectivity index (χ0n) is 16.8.